The number of carbonyl (C=O) groups excluding carboxylic acids is 5. The standard InChI is InChI=1S/C12H7Cl2N3O5/c13-4-1-2-5(14)6(3-4)15-11(21)8(18)7-9(19)16-12(22)17-10(7)20/h1-3,7H,(H,15,21)(H2,16,17,19,20,22). The van der Waals surface area contributed by atoms with E-state index in [0.29, 0.717) is 0 Å². The number of rotatable bonds is 3. The van der Waals surface area contributed by atoms with Crippen LogP contribution in [0, 0.1) is 5.92 Å². The highest BCUT2D eigenvalue weighted by Gasteiger charge is 2.42. The first-order chi connectivity index (χ1) is 10.3. The third kappa shape index (κ3) is 3.23. The molecule has 2 rings (SSSR count). The van der Waals surface area contributed by atoms with E-state index in [1.54, 1.807) is 10.6 Å². The molecule has 0 atom stereocenters. The molecule has 0 saturated carbocycles. The maximum Gasteiger partial charge on any atom is 0.328 e. The molecule has 1 aliphatic rings. The second-order valence-corrected chi connectivity index (χ2v) is 5.03. The molecule has 0 unspecified atom stereocenters. The number of Topliss-reactive ketones (excluding diaryl/α,β-unsaturated/α-hetero) is 1. The van der Waals surface area contributed by atoms with Gasteiger partial charge in [-0.15, -0.1) is 0 Å². The Hall–Kier alpha value is -2.45. The third-order valence-corrected chi connectivity index (χ3v) is 3.23. The first-order valence-corrected chi connectivity index (χ1v) is 6.51. The van der Waals surface area contributed by atoms with Crippen molar-refractivity contribution in [1.82, 2.24) is 10.6 Å². The molecule has 3 N–H and O–H groups in total. The number of hydrogen-bond donors (Lipinski definition) is 3. The van der Waals surface area contributed by atoms with E-state index in [4.69, 9.17) is 23.2 Å². The zero-order chi connectivity index (χ0) is 16.4. The van der Waals surface area contributed by atoms with E-state index in [0.717, 1.165) is 0 Å². The molecule has 1 aromatic carbocycles. The molecule has 8 nitrogen and oxygen atoms in total. The van der Waals surface area contributed by atoms with Gasteiger partial charge in [0, 0.05) is 5.02 Å². The van der Waals surface area contributed by atoms with Gasteiger partial charge in [-0.1, -0.05) is 23.2 Å². The molecule has 114 valence electrons. The van der Waals surface area contributed by atoms with E-state index in [9.17, 15) is 24.0 Å². The molecule has 0 aliphatic carbocycles. The van der Waals surface area contributed by atoms with Gasteiger partial charge in [0.1, 0.15) is 0 Å². The summed E-state index contributed by atoms with van der Waals surface area (Å²) in [6, 6.07) is 3.09. The summed E-state index contributed by atoms with van der Waals surface area (Å²) < 4.78 is 0. The number of barbiturate groups is 1. The van der Waals surface area contributed by atoms with Crippen molar-refractivity contribution in [3.63, 3.8) is 0 Å². The zero-order valence-corrected chi connectivity index (χ0v) is 12.1. The Bertz CT molecular complexity index is 699. The van der Waals surface area contributed by atoms with Gasteiger partial charge < -0.3 is 5.32 Å². The van der Waals surface area contributed by atoms with Crippen molar-refractivity contribution < 1.29 is 24.0 Å². The van der Waals surface area contributed by atoms with Crippen molar-refractivity contribution in [2.75, 3.05) is 5.32 Å². The van der Waals surface area contributed by atoms with Crippen LogP contribution in [0.5, 0.6) is 0 Å². The van der Waals surface area contributed by atoms with E-state index < -0.39 is 35.5 Å². The van der Waals surface area contributed by atoms with Gasteiger partial charge in [-0.2, -0.15) is 0 Å². The topological polar surface area (TPSA) is 121 Å². The number of carbonyl (C=O) groups is 5. The predicted octanol–water partition coefficient (Wildman–Crippen LogP) is 0.483. The van der Waals surface area contributed by atoms with Crippen LogP contribution in [-0.4, -0.2) is 29.5 Å². The second-order valence-electron chi connectivity index (χ2n) is 4.18. The fourth-order valence-electron chi connectivity index (χ4n) is 1.66. The molecule has 0 aromatic heterocycles. The number of ketones is 1. The number of benzene rings is 1. The minimum absolute atomic E-state index is 0.0419. The van der Waals surface area contributed by atoms with Crippen LogP contribution in [-0.2, 0) is 19.2 Å². The fraction of sp³-hybridized carbons (Fsp3) is 0.0833. The van der Waals surface area contributed by atoms with Crippen LogP contribution in [0.3, 0.4) is 0 Å². The van der Waals surface area contributed by atoms with Gasteiger partial charge >= 0.3 is 6.03 Å². The van der Waals surface area contributed by atoms with Crippen molar-refractivity contribution in [1.29, 1.82) is 0 Å². The molecule has 0 radical (unpaired) electrons. The average Bonchev–Trinajstić information content (AvgIpc) is 2.41. The zero-order valence-electron chi connectivity index (χ0n) is 10.6. The number of amides is 5. The molecular weight excluding hydrogens is 337 g/mol. The number of anilines is 1. The van der Waals surface area contributed by atoms with Gasteiger partial charge in [-0.25, -0.2) is 4.79 Å². The van der Waals surface area contributed by atoms with E-state index in [-0.39, 0.29) is 15.7 Å². The molecule has 1 aromatic rings. The van der Waals surface area contributed by atoms with Crippen molar-refractivity contribution >= 4 is 58.4 Å². The SMILES string of the molecule is O=C1NC(=O)C(C(=O)C(=O)Nc2cc(Cl)ccc2Cl)C(=O)N1. The summed E-state index contributed by atoms with van der Waals surface area (Å²) in [6.45, 7) is 0. The number of nitrogens with one attached hydrogen (secondary N) is 3. The third-order valence-electron chi connectivity index (χ3n) is 2.66. The lowest BCUT2D eigenvalue weighted by atomic mass is 10.00. The van der Waals surface area contributed by atoms with Crippen molar-refractivity contribution in [3.05, 3.63) is 28.2 Å². The van der Waals surface area contributed by atoms with Crippen LogP contribution < -0.4 is 16.0 Å². The van der Waals surface area contributed by atoms with Crippen molar-refractivity contribution in [3.8, 4) is 0 Å². The molecule has 1 saturated heterocycles. The van der Waals surface area contributed by atoms with Gasteiger partial charge in [0.25, 0.3) is 5.91 Å². The van der Waals surface area contributed by atoms with Crippen LogP contribution in [0.15, 0.2) is 18.2 Å². The van der Waals surface area contributed by atoms with Crippen LogP contribution in [0.4, 0.5) is 10.5 Å². The predicted molar refractivity (Wildman–Crippen MR) is 75.3 cm³/mol. The Balaban J connectivity index is 2.17. The quantitative estimate of drug-likeness (QED) is 0.544. The minimum Gasteiger partial charge on any atom is -0.318 e. The van der Waals surface area contributed by atoms with Crippen LogP contribution in [0.25, 0.3) is 0 Å². The summed E-state index contributed by atoms with van der Waals surface area (Å²) in [5.41, 5.74) is 0.0419. The highest BCUT2D eigenvalue weighted by atomic mass is 35.5. The molecular formula is C12H7Cl2N3O5. The normalized spacial score (nSPS) is 15.1. The highest BCUT2D eigenvalue weighted by Crippen LogP contribution is 2.25. The lowest BCUT2D eigenvalue weighted by Gasteiger charge is -2.19. The van der Waals surface area contributed by atoms with Crippen LogP contribution >= 0.6 is 23.2 Å². The molecule has 5 amide bonds. The summed E-state index contributed by atoms with van der Waals surface area (Å²) in [4.78, 5) is 57.6. The summed E-state index contributed by atoms with van der Waals surface area (Å²) >= 11 is 11.5. The van der Waals surface area contributed by atoms with Gasteiger partial charge in [0.15, 0.2) is 5.92 Å². The number of hydrogen-bond acceptors (Lipinski definition) is 5. The van der Waals surface area contributed by atoms with Gasteiger partial charge in [-0.3, -0.25) is 29.8 Å². The Morgan fingerprint density at radius 1 is 1.05 bits per heavy atom. The summed E-state index contributed by atoms with van der Waals surface area (Å²) in [5.74, 6) is -6.87. The van der Waals surface area contributed by atoms with E-state index in [1.165, 1.54) is 18.2 Å². The summed E-state index contributed by atoms with van der Waals surface area (Å²) in [5, 5.41) is 5.96. The fourth-order valence-corrected chi connectivity index (χ4v) is 2.00. The molecule has 1 heterocycles. The van der Waals surface area contributed by atoms with Crippen molar-refractivity contribution in [2.45, 2.75) is 0 Å². The van der Waals surface area contributed by atoms with Gasteiger partial charge in [0.05, 0.1) is 10.7 Å². The summed E-state index contributed by atoms with van der Waals surface area (Å²) in [6.07, 6.45) is 0. The largest absolute Gasteiger partial charge is 0.328 e. The number of urea groups is 1. The number of imide groups is 2. The first kappa shape index (κ1) is 15.9. The Morgan fingerprint density at radius 3 is 2.23 bits per heavy atom. The number of halogens is 2. The van der Waals surface area contributed by atoms with Gasteiger partial charge in [0.2, 0.25) is 17.6 Å². The molecule has 22 heavy (non-hydrogen) atoms. The van der Waals surface area contributed by atoms with Crippen LogP contribution in [0.2, 0.25) is 10.0 Å². The monoisotopic (exact) mass is 343 g/mol. The van der Waals surface area contributed by atoms with E-state index >= 15 is 0 Å². The Morgan fingerprint density at radius 2 is 1.64 bits per heavy atom. The van der Waals surface area contributed by atoms with Gasteiger partial charge in [-0.05, 0) is 18.2 Å². The Kier molecular flexibility index (Phi) is 4.43. The smallest absolute Gasteiger partial charge is 0.318 e. The highest BCUT2D eigenvalue weighted by molar-refractivity contribution is 6.50. The second kappa shape index (κ2) is 6.12. The van der Waals surface area contributed by atoms with Crippen molar-refractivity contribution in [2.24, 2.45) is 5.92 Å². The molecule has 10 heteroatoms. The first-order valence-electron chi connectivity index (χ1n) is 5.75. The minimum atomic E-state index is -1.95. The van der Waals surface area contributed by atoms with E-state index in [1.807, 2.05) is 0 Å². The maximum atomic E-state index is 11.9. The molecule has 0 spiro atoms. The average molecular weight is 344 g/mol. The van der Waals surface area contributed by atoms with E-state index in [2.05, 4.69) is 5.32 Å². The molecule has 1 fully saturated rings. The Labute approximate surface area is 133 Å². The lowest BCUT2D eigenvalue weighted by molar-refractivity contribution is -0.147. The molecule has 1 aliphatic heterocycles. The maximum absolute atomic E-state index is 11.9. The van der Waals surface area contributed by atoms with Crippen LogP contribution in [0.1, 0.15) is 0 Å². The lowest BCUT2D eigenvalue weighted by Crippen LogP contribution is -2.59. The molecule has 0 bridgehead atoms. The summed E-state index contributed by atoms with van der Waals surface area (Å²) in [7, 11) is 0.